The van der Waals surface area contributed by atoms with E-state index in [1.165, 1.54) is 0 Å². The highest BCUT2D eigenvalue weighted by atomic mass is 16.6. The molecule has 15 heavy (non-hydrogen) atoms. The largest absolute Gasteiger partial charge is 0.462 e. The smallest absolute Gasteiger partial charge is 0.342 e. The summed E-state index contributed by atoms with van der Waals surface area (Å²) >= 11 is 0. The first-order chi connectivity index (χ1) is 7.09. The highest BCUT2D eigenvalue weighted by Gasteiger charge is 2.47. The molecule has 2 aliphatic heterocycles. The molecule has 82 valence electrons. The van der Waals surface area contributed by atoms with E-state index in [0.29, 0.717) is 17.6 Å². The minimum atomic E-state index is -1.63. The molecule has 2 heterocycles. The van der Waals surface area contributed by atoms with Crippen LogP contribution in [0.3, 0.4) is 0 Å². The summed E-state index contributed by atoms with van der Waals surface area (Å²) < 4.78 is 9.60. The Morgan fingerprint density at radius 1 is 1.40 bits per heavy atom. The maximum atomic E-state index is 11.5. The minimum Gasteiger partial charge on any atom is -0.462 e. The topological polar surface area (TPSA) is 72.8 Å². The van der Waals surface area contributed by atoms with E-state index in [0.717, 1.165) is 0 Å². The van der Waals surface area contributed by atoms with Crippen LogP contribution in [0.15, 0.2) is 11.1 Å². The highest BCUT2D eigenvalue weighted by Crippen LogP contribution is 2.34. The Labute approximate surface area is 86.7 Å². The molecule has 0 saturated carbocycles. The van der Waals surface area contributed by atoms with Crippen LogP contribution in [0.4, 0.5) is 0 Å². The molecule has 1 N–H and O–H groups in total. The fourth-order valence-corrected chi connectivity index (χ4v) is 1.95. The molecule has 0 aromatic carbocycles. The van der Waals surface area contributed by atoms with Crippen molar-refractivity contribution in [3.05, 3.63) is 11.1 Å². The summed E-state index contributed by atoms with van der Waals surface area (Å²) in [6.07, 6.45) is 0.610. The van der Waals surface area contributed by atoms with Crippen molar-refractivity contribution in [1.29, 1.82) is 0 Å². The number of ether oxygens (including phenoxy) is 2. The molecule has 0 amide bonds. The SMILES string of the molecule is CC[C@@]1(O)C(=O)OCC2=C1CCOC2=O. The Hall–Kier alpha value is -1.36. The van der Waals surface area contributed by atoms with Gasteiger partial charge in [0, 0.05) is 6.42 Å². The number of hydrogen-bond acceptors (Lipinski definition) is 5. The van der Waals surface area contributed by atoms with Gasteiger partial charge < -0.3 is 14.6 Å². The van der Waals surface area contributed by atoms with Crippen LogP contribution in [0, 0.1) is 0 Å². The van der Waals surface area contributed by atoms with Gasteiger partial charge in [-0.25, -0.2) is 9.59 Å². The maximum Gasteiger partial charge on any atom is 0.342 e. The van der Waals surface area contributed by atoms with Crippen LogP contribution in [0.5, 0.6) is 0 Å². The van der Waals surface area contributed by atoms with Gasteiger partial charge in [-0.3, -0.25) is 0 Å². The van der Waals surface area contributed by atoms with Gasteiger partial charge in [0.25, 0.3) is 0 Å². The normalized spacial score (nSPS) is 30.8. The van der Waals surface area contributed by atoms with Crippen molar-refractivity contribution in [3.63, 3.8) is 0 Å². The second-order valence-corrected chi connectivity index (χ2v) is 3.63. The molecule has 2 rings (SSSR count). The molecule has 5 heteroatoms. The molecule has 0 spiro atoms. The van der Waals surface area contributed by atoms with Gasteiger partial charge in [0.2, 0.25) is 0 Å². The summed E-state index contributed by atoms with van der Waals surface area (Å²) in [6, 6.07) is 0. The van der Waals surface area contributed by atoms with Gasteiger partial charge in [0.05, 0.1) is 12.2 Å². The maximum absolute atomic E-state index is 11.5. The molecule has 0 bridgehead atoms. The third-order valence-electron chi connectivity index (χ3n) is 2.89. The molecule has 0 aromatic heterocycles. The van der Waals surface area contributed by atoms with Crippen molar-refractivity contribution >= 4 is 11.9 Å². The van der Waals surface area contributed by atoms with Crippen molar-refractivity contribution < 1.29 is 24.2 Å². The summed E-state index contributed by atoms with van der Waals surface area (Å²) in [6.45, 7) is 1.81. The van der Waals surface area contributed by atoms with Gasteiger partial charge in [-0.05, 0) is 12.0 Å². The lowest BCUT2D eigenvalue weighted by atomic mass is 9.83. The van der Waals surface area contributed by atoms with Crippen LogP contribution in [-0.2, 0) is 19.1 Å². The van der Waals surface area contributed by atoms with Crippen LogP contribution in [0.25, 0.3) is 0 Å². The number of hydrogen-bond donors (Lipinski definition) is 1. The van der Waals surface area contributed by atoms with E-state index in [-0.39, 0.29) is 19.6 Å². The predicted octanol–water partition coefficient (Wildman–Crippen LogP) is -0.0722. The fraction of sp³-hybridized carbons (Fsp3) is 0.600. The van der Waals surface area contributed by atoms with Crippen LogP contribution in [0.2, 0.25) is 0 Å². The van der Waals surface area contributed by atoms with E-state index in [9.17, 15) is 14.7 Å². The van der Waals surface area contributed by atoms with Crippen molar-refractivity contribution in [2.75, 3.05) is 13.2 Å². The number of cyclic esters (lactones) is 2. The lowest BCUT2D eigenvalue weighted by Gasteiger charge is -2.35. The summed E-state index contributed by atoms with van der Waals surface area (Å²) in [7, 11) is 0. The molecular weight excluding hydrogens is 200 g/mol. The Kier molecular flexibility index (Phi) is 2.26. The van der Waals surface area contributed by atoms with Crippen molar-refractivity contribution in [2.24, 2.45) is 0 Å². The number of esters is 2. The summed E-state index contributed by atoms with van der Waals surface area (Å²) in [5.41, 5.74) is -0.866. The Bertz CT molecular complexity index is 357. The average Bonchev–Trinajstić information content (AvgIpc) is 2.24. The predicted molar refractivity (Wildman–Crippen MR) is 48.8 cm³/mol. The standard InChI is InChI=1S/C10H12O5/c1-2-10(13)7-3-4-14-8(11)6(7)5-15-9(10)12/h13H,2-5H2,1H3/t10-/m0/s1. The van der Waals surface area contributed by atoms with E-state index in [2.05, 4.69) is 0 Å². The summed E-state index contributed by atoms with van der Waals surface area (Å²) in [4.78, 5) is 22.8. The van der Waals surface area contributed by atoms with Crippen LogP contribution in [0.1, 0.15) is 19.8 Å². The van der Waals surface area contributed by atoms with Crippen molar-refractivity contribution in [2.45, 2.75) is 25.4 Å². The molecule has 0 unspecified atom stereocenters. The number of rotatable bonds is 1. The molecule has 2 aliphatic rings. The van der Waals surface area contributed by atoms with Crippen LogP contribution in [-0.4, -0.2) is 35.9 Å². The van der Waals surface area contributed by atoms with Crippen molar-refractivity contribution in [3.8, 4) is 0 Å². The molecule has 5 nitrogen and oxygen atoms in total. The molecule has 0 saturated heterocycles. The minimum absolute atomic E-state index is 0.0880. The Morgan fingerprint density at radius 2 is 2.13 bits per heavy atom. The van der Waals surface area contributed by atoms with Crippen molar-refractivity contribution in [1.82, 2.24) is 0 Å². The van der Waals surface area contributed by atoms with Gasteiger partial charge in [0.15, 0.2) is 5.60 Å². The number of carbonyl (C=O) groups is 2. The number of aliphatic hydroxyl groups is 1. The van der Waals surface area contributed by atoms with Gasteiger partial charge >= 0.3 is 11.9 Å². The zero-order valence-electron chi connectivity index (χ0n) is 8.41. The van der Waals surface area contributed by atoms with E-state index >= 15 is 0 Å². The highest BCUT2D eigenvalue weighted by molar-refractivity contribution is 5.96. The second kappa shape index (κ2) is 3.34. The first-order valence-corrected chi connectivity index (χ1v) is 4.89. The third kappa shape index (κ3) is 1.34. The summed E-state index contributed by atoms with van der Waals surface area (Å²) in [5, 5.41) is 10.1. The second-order valence-electron chi connectivity index (χ2n) is 3.63. The van der Waals surface area contributed by atoms with Gasteiger partial charge in [-0.2, -0.15) is 0 Å². The quantitative estimate of drug-likeness (QED) is 0.616. The molecule has 0 aromatic rings. The first kappa shape index (κ1) is 10.2. The first-order valence-electron chi connectivity index (χ1n) is 4.89. The zero-order chi connectivity index (χ0) is 11.1. The lowest BCUT2D eigenvalue weighted by Crippen LogP contribution is -2.48. The zero-order valence-corrected chi connectivity index (χ0v) is 8.41. The van der Waals surface area contributed by atoms with Gasteiger partial charge in [-0.15, -0.1) is 0 Å². The Morgan fingerprint density at radius 3 is 2.80 bits per heavy atom. The third-order valence-corrected chi connectivity index (χ3v) is 2.89. The van der Waals surface area contributed by atoms with Crippen LogP contribution < -0.4 is 0 Å². The van der Waals surface area contributed by atoms with E-state index in [1.807, 2.05) is 0 Å². The molecule has 0 aliphatic carbocycles. The molecule has 1 atom stereocenters. The molecule has 0 fully saturated rings. The fourth-order valence-electron chi connectivity index (χ4n) is 1.95. The average molecular weight is 212 g/mol. The Balaban J connectivity index is 2.49. The lowest BCUT2D eigenvalue weighted by molar-refractivity contribution is -0.166. The summed E-state index contributed by atoms with van der Waals surface area (Å²) in [5.74, 6) is -1.16. The van der Waals surface area contributed by atoms with Crippen LogP contribution >= 0.6 is 0 Å². The molecule has 0 radical (unpaired) electrons. The van der Waals surface area contributed by atoms with E-state index in [1.54, 1.807) is 6.92 Å². The van der Waals surface area contributed by atoms with Gasteiger partial charge in [-0.1, -0.05) is 6.92 Å². The van der Waals surface area contributed by atoms with E-state index in [4.69, 9.17) is 9.47 Å². The van der Waals surface area contributed by atoms with Gasteiger partial charge in [0.1, 0.15) is 6.61 Å². The number of carbonyl (C=O) groups excluding carboxylic acids is 2. The molecular formula is C10H12O5. The monoisotopic (exact) mass is 212 g/mol. The van der Waals surface area contributed by atoms with E-state index < -0.39 is 17.5 Å².